The zero-order valence-electron chi connectivity index (χ0n) is 12.5. The van der Waals surface area contributed by atoms with Crippen LogP contribution in [-0.2, 0) is 9.53 Å². The normalized spacial score (nSPS) is 33.0. The standard InChI is InChI=1S/C15H27N3O2/c1-16-14-11-20-10-13(14)15(19)18-8-6-17(7-9-18)12-4-2-3-5-12/h12-14,16H,2-11H2,1H3. The van der Waals surface area contributed by atoms with Crippen molar-refractivity contribution in [1.82, 2.24) is 15.1 Å². The van der Waals surface area contributed by atoms with E-state index in [-0.39, 0.29) is 17.9 Å². The molecule has 0 bridgehead atoms. The molecule has 3 fully saturated rings. The Labute approximate surface area is 121 Å². The molecule has 0 aromatic carbocycles. The summed E-state index contributed by atoms with van der Waals surface area (Å²) in [6.45, 7) is 5.12. The lowest BCUT2D eigenvalue weighted by Crippen LogP contribution is -2.54. The number of piperazine rings is 1. The van der Waals surface area contributed by atoms with Crippen LogP contribution in [0.4, 0.5) is 0 Å². The van der Waals surface area contributed by atoms with Gasteiger partial charge in [-0.2, -0.15) is 0 Å². The minimum absolute atomic E-state index is 0.0121. The second kappa shape index (κ2) is 6.41. The molecule has 0 aromatic rings. The van der Waals surface area contributed by atoms with Crippen molar-refractivity contribution >= 4 is 5.91 Å². The number of carbonyl (C=O) groups is 1. The van der Waals surface area contributed by atoms with Gasteiger partial charge in [-0.15, -0.1) is 0 Å². The van der Waals surface area contributed by atoms with Crippen molar-refractivity contribution in [3.05, 3.63) is 0 Å². The molecule has 0 radical (unpaired) electrons. The van der Waals surface area contributed by atoms with Gasteiger partial charge < -0.3 is 15.0 Å². The molecule has 1 N–H and O–H groups in total. The quantitative estimate of drug-likeness (QED) is 0.808. The average Bonchev–Trinajstić information content (AvgIpc) is 3.17. The van der Waals surface area contributed by atoms with Gasteiger partial charge >= 0.3 is 0 Å². The van der Waals surface area contributed by atoms with Crippen molar-refractivity contribution < 1.29 is 9.53 Å². The molecule has 3 aliphatic rings. The van der Waals surface area contributed by atoms with Gasteiger partial charge in [0.25, 0.3) is 0 Å². The number of nitrogens with one attached hydrogen (secondary N) is 1. The zero-order chi connectivity index (χ0) is 13.9. The van der Waals surface area contributed by atoms with Gasteiger partial charge in [0.15, 0.2) is 0 Å². The maximum atomic E-state index is 12.6. The second-order valence-corrected chi connectivity index (χ2v) is 6.34. The van der Waals surface area contributed by atoms with Gasteiger partial charge in [-0.3, -0.25) is 9.69 Å². The molecule has 2 heterocycles. The predicted molar refractivity (Wildman–Crippen MR) is 77.6 cm³/mol. The molecule has 5 heteroatoms. The van der Waals surface area contributed by atoms with Crippen molar-refractivity contribution in [3.8, 4) is 0 Å². The topological polar surface area (TPSA) is 44.8 Å². The largest absolute Gasteiger partial charge is 0.379 e. The van der Waals surface area contributed by atoms with Crippen molar-refractivity contribution in [1.29, 1.82) is 0 Å². The number of ether oxygens (including phenoxy) is 1. The minimum Gasteiger partial charge on any atom is -0.379 e. The van der Waals surface area contributed by atoms with E-state index in [9.17, 15) is 4.79 Å². The van der Waals surface area contributed by atoms with Crippen LogP contribution < -0.4 is 5.32 Å². The Morgan fingerprint density at radius 2 is 1.80 bits per heavy atom. The Morgan fingerprint density at radius 3 is 2.45 bits per heavy atom. The third-order valence-electron chi connectivity index (χ3n) is 5.24. The third-order valence-corrected chi connectivity index (χ3v) is 5.24. The van der Waals surface area contributed by atoms with E-state index in [1.807, 2.05) is 7.05 Å². The SMILES string of the molecule is CNC1COCC1C(=O)N1CCN(C2CCCC2)CC1. The molecule has 1 saturated carbocycles. The van der Waals surface area contributed by atoms with E-state index >= 15 is 0 Å². The highest BCUT2D eigenvalue weighted by Crippen LogP contribution is 2.25. The van der Waals surface area contributed by atoms with Gasteiger partial charge in [0.1, 0.15) is 0 Å². The molecular weight excluding hydrogens is 254 g/mol. The van der Waals surface area contributed by atoms with Crippen molar-refractivity contribution in [3.63, 3.8) is 0 Å². The lowest BCUT2D eigenvalue weighted by molar-refractivity contribution is -0.138. The molecule has 2 saturated heterocycles. The van der Waals surface area contributed by atoms with Crippen LogP contribution in [-0.4, -0.2) is 74.2 Å². The lowest BCUT2D eigenvalue weighted by Gasteiger charge is -2.39. The molecule has 1 amide bonds. The van der Waals surface area contributed by atoms with Crippen LogP contribution in [0.2, 0.25) is 0 Å². The minimum atomic E-state index is 0.0121. The van der Waals surface area contributed by atoms with E-state index in [1.54, 1.807) is 0 Å². The smallest absolute Gasteiger partial charge is 0.229 e. The van der Waals surface area contributed by atoms with Gasteiger partial charge in [-0.25, -0.2) is 0 Å². The molecule has 114 valence electrons. The summed E-state index contributed by atoms with van der Waals surface area (Å²) in [4.78, 5) is 17.2. The lowest BCUT2D eigenvalue weighted by atomic mass is 10.0. The van der Waals surface area contributed by atoms with E-state index in [4.69, 9.17) is 4.74 Å². The summed E-state index contributed by atoms with van der Waals surface area (Å²) in [5.41, 5.74) is 0. The number of hydrogen-bond acceptors (Lipinski definition) is 4. The Morgan fingerprint density at radius 1 is 1.10 bits per heavy atom. The summed E-state index contributed by atoms with van der Waals surface area (Å²) in [6, 6.07) is 0.975. The van der Waals surface area contributed by atoms with E-state index in [1.165, 1.54) is 25.7 Å². The first-order chi connectivity index (χ1) is 9.79. The zero-order valence-corrected chi connectivity index (χ0v) is 12.5. The highest BCUT2D eigenvalue weighted by molar-refractivity contribution is 5.80. The molecule has 3 rings (SSSR count). The number of amides is 1. The monoisotopic (exact) mass is 281 g/mol. The number of rotatable bonds is 3. The van der Waals surface area contributed by atoms with Gasteiger partial charge in [-0.05, 0) is 19.9 Å². The van der Waals surface area contributed by atoms with Crippen LogP contribution in [0.15, 0.2) is 0 Å². The van der Waals surface area contributed by atoms with E-state index < -0.39 is 0 Å². The summed E-state index contributed by atoms with van der Waals surface area (Å²) in [7, 11) is 1.91. The Hall–Kier alpha value is -0.650. The molecule has 1 aliphatic carbocycles. The fraction of sp³-hybridized carbons (Fsp3) is 0.933. The van der Waals surface area contributed by atoms with E-state index in [0.29, 0.717) is 13.2 Å². The summed E-state index contributed by atoms with van der Waals surface area (Å²) in [5, 5.41) is 3.20. The molecule has 2 atom stereocenters. The van der Waals surface area contributed by atoms with Crippen molar-refractivity contribution in [2.75, 3.05) is 46.4 Å². The first kappa shape index (κ1) is 14.3. The summed E-state index contributed by atoms with van der Waals surface area (Å²) in [5.74, 6) is 0.297. The molecule has 5 nitrogen and oxygen atoms in total. The van der Waals surface area contributed by atoms with Crippen molar-refractivity contribution in [2.45, 2.75) is 37.8 Å². The van der Waals surface area contributed by atoms with Crippen molar-refractivity contribution in [2.24, 2.45) is 5.92 Å². The van der Waals surface area contributed by atoms with Crippen LogP contribution in [0.3, 0.4) is 0 Å². The number of hydrogen-bond donors (Lipinski definition) is 1. The third kappa shape index (κ3) is 2.85. The molecule has 20 heavy (non-hydrogen) atoms. The van der Waals surface area contributed by atoms with Gasteiger partial charge in [0.2, 0.25) is 5.91 Å². The maximum absolute atomic E-state index is 12.6. The molecule has 0 aromatic heterocycles. The Kier molecular flexibility index (Phi) is 4.58. The molecule has 2 aliphatic heterocycles. The fourth-order valence-corrected chi connectivity index (χ4v) is 3.89. The van der Waals surface area contributed by atoms with Crippen LogP contribution in [0.25, 0.3) is 0 Å². The Balaban J connectivity index is 1.51. The first-order valence-corrected chi connectivity index (χ1v) is 8.07. The maximum Gasteiger partial charge on any atom is 0.229 e. The first-order valence-electron chi connectivity index (χ1n) is 8.07. The van der Waals surface area contributed by atoms with Gasteiger partial charge in [0, 0.05) is 38.3 Å². The van der Waals surface area contributed by atoms with E-state index in [0.717, 1.165) is 32.2 Å². The van der Waals surface area contributed by atoms with Crippen LogP contribution in [0.1, 0.15) is 25.7 Å². The second-order valence-electron chi connectivity index (χ2n) is 6.34. The van der Waals surface area contributed by atoms with Crippen LogP contribution >= 0.6 is 0 Å². The highest BCUT2D eigenvalue weighted by atomic mass is 16.5. The molecule has 0 spiro atoms. The van der Waals surface area contributed by atoms with Gasteiger partial charge in [-0.1, -0.05) is 12.8 Å². The Bertz CT molecular complexity index is 336. The molecular formula is C15H27N3O2. The summed E-state index contributed by atoms with van der Waals surface area (Å²) in [6.07, 6.45) is 5.47. The predicted octanol–water partition coefficient (Wildman–Crippen LogP) is 0.308. The van der Waals surface area contributed by atoms with Crippen LogP contribution in [0.5, 0.6) is 0 Å². The average molecular weight is 281 g/mol. The number of carbonyl (C=O) groups excluding carboxylic acids is 1. The van der Waals surface area contributed by atoms with Crippen LogP contribution in [0, 0.1) is 5.92 Å². The fourth-order valence-electron chi connectivity index (χ4n) is 3.89. The van der Waals surface area contributed by atoms with Gasteiger partial charge in [0.05, 0.1) is 19.1 Å². The number of likely N-dealkylation sites (N-methyl/N-ethyl adjacent to an activating group) is 1. The molecule has 2 unspecified atom stereocenters. The van der Waals surface area contributed by atoms with E-state index in [2.05, 4.69) is 15.1 Å². The highest BCUT2D eigenvalue weighted by Gasteiger charge is 2.37. The number of nitrogens with zero attached hydrogens (tertiary/aromatic N) is 2. The summed E-state index contributed by atoms with van der Waals surface area (Å²) < 4.78 is 5.45. The summed E-state index contributed by atoms with van der Waals surface area (Å²) >= 11 is 0.